The van der Waals surface area contributed by atoms with E-state index in [4.69, 9.17) is 4.18 Å². The molecule has 5 nitrogen and oxygen atoms in total. The third-order valence-electron chi connectivity index (χ3n) is 9.75. The molecular weight excluding hydrogens is 400 g/mol. The lowest BCUT2D eigenvalue weighted by atomic mass is 9.33. The van der Waals surface area contributed by atoms with Crippen molar-refractivity contribution in [1.82, 2.24) is 0 Å². The lowest BCUT2D eigenvalue weighted by molar-refractivity contribution is -0.206. The van der Waals surface area contributed by atoms with Crippen LogP contribution in [0.2, 0.25) is 0 Å². The Hall–Kier alpha value is -1.01. The van der Waals surface area contributed by atoms with E-state index in [0.717, 1.165) is 51.2 Å². The second kappa shape index (κ2) is 6.99. The van der Waals surface area contributed by atoms with Crippen LogP contribution in [0.1, 0.15) is 72.1 Å². The lowest BCUT2D eigenvalue weighted by Crippen LogP contribution is -2.70. The summed E-state index contributed by atoms with van der Waals surface area (Å²) in [6, 6.07) is 0. The summed E-state index contributed by atoms with van der Waals surface area (Å²) in [5.41, 5.74) is -0.589. The Kier molecular flexibility index (Phi) is 5.17. The fourth-order valence-electron chi connectivity index (χ4n) is 8.37. The number of carbonyl (C=O) groups is 2. The normalized spacial score (nSPS) is 45.9. The van der Waals surface area contributed by atoms with E-state index >= 15 is 0 Å². The van der Waals surface area contributed by atoms with E-state index in [0.29, 0.717) is 12.0 Å². The highest BCUT2D eigenvalue weighted by atomic mass is 32.2. The van der Waals surface area contributed by atoms with Gasteiger partial charge in [-0.2, -0.15) is 8.42 Å². The SMILES string of the molecule is C=C1C(=O)C23CC[C@H]1CC2[C@]1(CC)CCC[C@@](C)(CC)C1C(COS(C)(=O)=O)C3=O. The molecule has 30 heavy (non-hydrogen) atoms. The van der Waals surface area contributed by atoms with Gasteiger partial charge in [0.1, 0.15) is 0 Å². The second-order valence-electron chi connectivity index (χ2n) is 10.7. The summed E-state index contributed by atoms with van der Waals surface area (Å²) in [4.78, 5) is 27.8. The molecule has 5 fully saturated rings. The largest absolute Gasteiger partial charge is 0.298 e. The number of hydrogen-bond acceptors (Lipinski definition) is 5. The molecule has 6 heteroatoms. The highest BCUT2D eigenvalue weighted by molar-refractivity contribution is 7.85. The van der Waals surface area contributed by atoms with Crippen molar-refractivity contribution in [3.05, 3.63) is 12.2 Å². The highest BCUT2D eigenvalue weighted by Gasteiger charge is 2.73. The molecule has 0 amide bonds. The molecule has 0 saturated heterocycles. The Morgan fingerprint density at radius 3 is 2.43 bits per heavy atom. The van der Waals surface area contributed by atoms with Gasteiger partial charge in [-0.25, -0.2) is 0 Å². The number of Topliss-reactive ketones (excluding diaryl/α,β-unsaturated/α-hetero) is 2. The van der Waals surface area contributed by atoms with Gasteiger partial charge in [0.25, 0.3) is 10.1 Å². The van der Waals surface area contributed by atoms with Crippen LogP contribution in [0, 0.1) is 39.9 Å². The van der Waals surface area contributed by atoms with Crippen molar-refractivity contribution >= 4 is 21.7 Å². The van der Waals surface area contributed by atoms with Crippen LogP contribution in [-0.4, -0.2) is 32.8 Å². The molecule has 5 aliphatic carbocycles. The number of allylic oxidation sites excluding steroid dienone is 1. The predicted molar refractivity (Wildman–Crippen MR) is 115 cm³/mol. The van der Waals surface area contributed by atoms with Crippen LogP contribution in [-0.2, 0) is 23.9 Å². The zero-order chi connectivity index (χ0) is 22.1. The van der Waals surface area contributed by atoms with Crippen LogP contribution in [0.4, 0.5) is 0 Å². The molecule has 0 N–H and O–H groups in total. The van der Waals surface area contributed by atoms with Gasteiger partial charge in [0, 0.05) is 5.92 Å². The molecule has 168 valence electrons. The number of fused-ring (bicyclic) bond motifs is 3. The Morgan fingerprint density at radius 1 is 1.13 bits per heavy atom. The molecule has 5 aliphatic rings. The van der Waals surface area contributed by atoms with Gasteiger partial charge < -0.3 is 0 Å². The van der Waals surface area contributed by atoms with Crippen molar-refractivity contribution in [3.8, 4) is 0 Å². The van der Waals surface area contributed by atoms with Crippen LogP contribution < -0.4 is 0 Å². The van der Waals surface area contributed by atoms with Gasteiger partial charge in [-0.05, 0) is 72.7 Å². The van der Waals surface area contributed by atoms with Gasteiger partial charge in [0.15, 0.2) is 11.6 Å². The Balaban J connectivity index is 1.91. The number of rotatable bonds is 5. The molecule has 0 heterocycles. The summed E-state index contributed by atoms with van der Waals surface area (Å²) in [6.45, 7) is 10.6. The molecule has 0 aromatic heterocycles. The minimum Gasteiger partial charge on any atom is -0.298 e. The molecule has 1 spiro atoms. The third-order valence-corrected chi connectivity index (χ3v) is 10.3. The molecular formula is C24H36O5S. The zero-order valence-electron chi connectivity index (χ0n) is 18.8. The highest BCUT2D eigenvalue weighted by Crippen LogP contribution is 2.72. The van der Waals surface area contributed by atoms with Crippen LogP contribution in [0.25, 0.3) is 0 Å². The number of carbonyl (C=O) groups excluding carboxylic acids is 2. The summed E-state index contributed by atoms with van der Waals surface area (Å²) < 4.78 is 29.0. The summed E-state index contributed by atoms with van der Waals surface area (Å²) in [7, 11) is -3.68. The Labute approximate surface area is 181 Å². The van der Waals surface area contributed by atoms with E-state index < -0.39 is 21.5 Å². The van der Waals surface area contributed by atoms with Crippen molar-refractivity contribution in [3.63, 3.8) is 0 Å². The Bertz CT molecular complexity index is 891. The third kappa shape index (κ3) is 2.78. The maximum Gasteiger partial charge on any atom is 0.264 e. The van der Waals surface area contributed by atoms with Crippen LogP contribution in [0.3, 0.4) is 0 Å². The van der Waals surface area contributed by atoms with Crippen LogP contribution in [0.15, 0.2) is 12.2 Å². The van der Waals surface area contributed by atoms with Gasteiger partial charge in [-0.3, -0.25) is 13.8 Å². The molecule has 7 atom stereocenters. The van der Waals surface area contributed by atoms with Crippen molar-refractivity contribution in [1.29, 1.82) is 0 Å². The summed E-state index contributed by atoms with van der Waals surface area (Å²) >= 11 is 0. The first kappa shape index (κ1) is 22.2. The monoisotopic (exact) mass is 436 g/mol. The minimum atomic E-state index is -3.68. The summed E-state index contributed by atoms with van der Waals surface area (Å²) in [6.07, 6.45) is 8.31. The second-order valence-corrected chi connectivity index (χ2v) is 12.4. The Morgan fingerprint density at radius 2 is 1.83 bits per heavy atom. The first-order valence-corrected chi connectivity index (χ1v) is 13.4. The molecule has 0 aromatic rings. The van der Waals surface area contributed by atoms with Crippen molar-refractivity contribution < 1.29 is 22.2 Å². The average molecular weight is 437 g/mol. The molecule has 0 radical (unpaired) electrons. The first-order valence-electron chi connectivity index (χ1n) is 11.6. The predicted octanol–water partition coefficient (Wildman–Crippen LogP) is 4.32. The van der Waals surface area contributed by atoms with E-state index in [1.807, 2.05) is 0 Å². The molecule has 4 unspecified atom stereocenters. The first-order chi connectivity index (χ1) is 14.0. The molecule has 5 saturated carbocycles. The quantitative estimate of drug-likeness (QED) is 0.364. The van der Waals surface area contributed by atoms with Crippen LogP contribution >= 0.6 is 0 Å². The summed E-state index contributed by atoms with van der Waals surface area (Å²) in [5.74, 6) is -0.396. The average Bonchev–Trinajstić information content (AvgIpc) is 2.71. The van der Waals surface area contributed by atoms with E-state index in [9.17, 15) is 18.0 Å². The van der Waals surface area contributed by atoms with Crippen molar-refractivity contribution in [2.24, 2.45) is 39.9 Å². The fraction of sp³-hybridized carbons (Fsp3) is 0.833. The van der Waals surface area contributed by atoms with E-state index in [1.165, 1.54) is 0 Å². The van der Waals surface area contributed by atoms with Gasteiger partial charge >= 0.3 is 0 Å². The van der Waals surface area contributed by atoms with Gasteiger partial charge in [0.2, 0.25) is 0 Å². The smallest absolute Gasteiger partial charge is 0.264 e. The van der Waals surface area contributed by atoms with Gasteiger partial charge in [-0.15, -0.1) is 0 Å². The minimum absolute atomic E-state index is 0.0408. The maximum absolute atomic E-state index is 14.2. The van der Waals surface area contributed by atoms with E-state index in [-0.39, 0.29) is 46.8 Å². The van der Waals surface area contributed by atoms with Gasteiger partial charge in [0.05, 0.1) is 18.3 Å². The van der Waals surface area contributed by atoms with E-state index in [2.05, 4.69) is 27.4 Å². The number of hydrogen-bond donors (Lipinski definition) is 0. The van der Waals surface area contributed by atoms with Gasteiger partial charge in [-0.1, -0.05) is 40.2 Å². The van der Waals surface area contributed by atoms with Crippen molar-refractivity contribution in [2.75, 3.05) is 12.9 Å². The van der Waals surface area contributed by atoms with Crippen LogP contribution in [0.5, 0.6) is 0 Å². The standard InChI is InChI=1S/C24H36O5S/c1-6-22(4)10-8-11-23(7-2)18-13-16-9-12-24(18,20(25)15(16)3)21(26)17(19(22)23)14-29-30(5,27)28/h16-19H,3,6-14H2,1-2,4-5H3/t16-,17?,18?,19?,22+,23-,24?/m0/s1. The molecule has 0 aliphatic heterocycles. The lowest BCUT2D eigenvalue weighted by Gasteiger charge is -2.69. The fourth-order valence-corrected chi connectivity index (χ4v) is 8.76. The topological polar surface area (TPSA) is 77.5 Å². The summed E-state index contributed by atoms with van der Waals surface area (Å²) in [5, 5.41) is 0. The van der Waals surface area contributed by atoms with Crippen molar-refractivity contribution in [2.45, 2.75) is 72.1 Å². The number of ketones is 2. The van der Waals surface area contributed by atoms with E-state index in [1.54, 1.807) is 0 Å². The molecule has 2 bridgehead atoms. The maximum atomic E-state index is 14.2. The molecule has 5 rings (SSSR count). The molecule has 0 aromatic carbocycles. The zero-order valence-corrected chi connectivity index (χ0v) is 19.6.